The Morgan fingerprint density at radius 3 is 2.73 bits per heavy atom. The van der Waals surface area contributed by atoms with Crippen LogP contribution in [0.15, 0.2) is 18.5 Å². The number of halogens is 3. The maximum Gasteiger partial charge on any atom is 0.419 e. The van der Waals surface area contributed by atoms with Gasteiger partial charge in [-0.25, -0.2) is 9.97 Å². The zero-order valence-electron chi connectivity index (χ0n) is 12.2. The standard InChI is InChI=1S/C14H15F3N4O/c1-9-19-11-7-18-5-3-10(11)12(20-9)21-6-4-13(8-21,22-2)14(15,16)17/h3,5,7H,4,6,8H2,1-2H3. The van der Waals surface area contributed by atoms with Crippen LogP contribution in [0.5, 0.6) is 0 Å². The second-order valence-corrected chi connectivity index (χ2v) is 5.35. The Hall–Kier alpha value is -1.96. The van der Waals surface area contributed by atoms with Crippen LogP contribution in [0, 0.1) is 6.92 Å². The molecule has 8 heteroatoms. The number of aromatic nitrogens is 3. The summed E-state index contributed by atoms with van der Waals surface area (Å²) in [7, 11) is 1.10. The molecule has 0 bridgehead atoms. The van der Waals surface area contributed by atoms with Crippen molar-refractivity contribution in [1.82, 2.24) is 15.0 Å². The molecular formula is C14H15F3N4O. The second-order valence-electron chi connectivity index (χ2n) is 5.35. The van der Waals surface area contributed by atoms with Gasteiger partial charge in [-0.2, -0.15) is 13.2 Å². The molecular weight excluding hydrogens is 297 g/mol. The first kappa shape index (κ1) is 15.0. The van der Waals surface area contributed by atoms with Gasteiger partial charge in [0.05, 0.1) is 18.3 Å². The van der Waals surface area contributed by atoms with Gasteiger partial charge in [0.2, 0.25) is 0 Å². The van der Waals surface area contributed by atoms with Crippen LogP contribution < -0.4 is 4.90 Å². The molecule has 5 nitrogen and oxygen atoms in total. The zero-order valence-corrected chi connectivity index (χ0v) is 12.2. The van der Waals surface area contributed by atoms with Gasteiger partial charge in [0, 0.05) is 31.7 Å². The number of fused-ring (bicyclic) bond motifs is 1. The van der Waals surface area contributed by atoms with Gasteiger partial charge in [-0.1, -0.05) is 0 Å². The van der Waals surface area contributed by atoms with E-state index in [2.05, 4.69) is 15.0 Å². The summed E-state index contributed by atoms with van der Waals surface area (Å²) in [5.41, 5.74) is -1.53. The van der Waals surface area contributed by atoms with Gasteiger partial charge < -0.3 is 9.64 Å². The number of nitrogens with zero attached hydrogens (tertiary/aromatic N) is 4. The number of rotatable bonds is 2. The average Bonchev–Trinajstić information content (AvgIpc) is 2.91. The number of pyridine rings is 1. The Morgan fingerprint density at radius 2 is 2.09 bits per heavy atom. The van der Waals surface area contributed by atoms with Gasteiger partial charge >= 0.3 is 6.18 Å². The lowest BCUT2D eigenvalue weighted by Crippen LogP contribution is -2.49. The molecule has 0 amide bonds. The zero-order chi connectivity index (χ0) is 16.0. The predicted octanol–water partition coefficient (Wildman–Crippen LogP) is 2.49. The van der Waals surface area contributed by atoms with Crippen molar-refractivity contribution in [2.45, 2.75) is 25.1 Å². The van der Waals surface area contributed by atoms with Gasteiger partial charge in [0.15, 0.2) is 5.60 Å². The van der Waals surface area contributed by atoms with Crippen molar-refractivity contribution >= 4 is 16.7 Å². The van der Waals surface area contributed by atoms with Crippen molar-refractivity contribution in [2.24, 2.45) is 0 Å². The Kier molecular flexibility index (Phi) is 3.43. The van der Waals surface area contributed by atoms with E-state index in [9.17, 15) is 13.2 Å². The van der Waals surface area contributed by atoms with Gasteiger partial charge in [0.1, 0.15) is 11.6 Å². The summed E-state index contributed by atoms with van der Waals surface area (Å²) in [5.74, 6) is 0.991. The first-order valence-corrected chi connectivity index (χ1v) is 6.81. The highest BCUT2D eigenvalue weighted by Gasteiger charge is 2.59. The molecule has 2 aromatic rings. The lowest BCUT2D eigenvalue weighted by atomic mass is 10.0. The number of alkyl halides is 3. The van der Waals surface area contributed by atoms with Gasteiger partial charge in [0.25, 0.3) is 0 Å². The molecule has 1 aliphatic heterocycles. The summed E-state index contributed by atoms with van der Waals surface area (Å²) in [6, 6.07) is 1.71. The van der Waals surface area contributed by atoms with E-state index in [-0.39, 0.29) is 19.5 Å². The SMILES string of the molecule is COC1(C(F)(F)F)CCN(c2nc(C)nc3cnccc23)C1. The largest absolute Gasteiger partial charge is 0.419 e. The van der Waals surface area contributed by atoms with Crippen molar-refractivity contribution < 1.29 is 17.9 Å². The summed E-state index contributed by atoms with van der Waals surface area (Å²) in [6.45, 7) is 1.65. The van der Waals surface area contributed by atoms with E-state index in [1.54, 1.807) is 30.3 Å². The molecule has 2 aromatic heterocycles. The van der Waals surface area contributed by atoms with E-state index in [0.717, 1.165) is 7.11 Å². The van der Waals surface area contributed by atoms with Crippen LogP contribution in [-0.2, 0) is 4.74 Å². The Bertz CT molecular complexity index is 706. The fourth-order valence-electron chi connectivity index (χ4n) is 2.79. The minimum Gasteiger partial charge on any atom is -0.367 e. The highest BCUT2D eigenvalue weighted by Crippen LogP contribution is 2.42. The van der Waals surface area contributed by atoms with Crippen molar-refractivity contribution in [1.29, 1.82) is 0 Å². The molecule has 0 radical (unpaired) electrons. The summed E-state index contributed by atoms with van der Waals surface area (Å²) in [5, 5.41) is 0.690. The topological polar surface area (TPSA) is 51.1 Å². The van der Waals surface area contributed by atoms with Gasteiger partial charge in [-0.3, -0.25) is 4.98 Å². The van der Waals surface area contributed by atoms with Crippen molar-refractivity contribution in [3.63, 3.8) is 0 Å². The number of ether oxygens (including phenoxy) is 1. The third-order valence-corrected chi connectivity index (χ3v) is 4.03. The molecule has 1 fully saturated rings. The Labute approximate surface area is 125 Å². The fraction of sp³-hybridized carbons (Fsp3) is 0.500. The number of hydrogen-bond donors (Lipinski definition) is 0. The summed E-state index contributed by atoms with van der Waals surface area (Å²) < 4.78 is 44.7. The molecule has 1 aliphatic rings. The first-order valence-electron chi connectivity index (χ1n) is 6.81. The number of methoxy groups -OCH3 is 1. The number of aryl methyl sites for hydroxylation is 1. The van der Waals surface area contributed by atoms with E-state index >= 15 is 0 Å². The normalized spacial score (nSPS) is 22.5. The van der Waals surface area contributed by atoms with Crippen molar-refractivity contribution in [3.8, 4) is 0 Å². The molecule has 0 aliphatic carbocycles. The fourth-order valence-corrected chi connectivity index (χ4v) is 2.79. The van der Waals surface area contributed by atoms with E-state index < -0.39 is 11.8 Å². The second kappa shape index (κ2) is 5.05. The Balaban J connectivity index is 2.03. The third-order valence-electron chi connectivity index (χ3n) is 4.03. The lowest BCUT2D eigenvalue weighted by molar-refractivity contribution is -0.260. The molecule has 0 aromatic carbocycles. The van der Waals surface area contributed by atoms with E-state index in [4.69, 9.17) is 4.74 Å². The minimum absolute atomic E-state index is 0.122. The predicted molar refractivity (Wildman–Crippen MR) is 74.7 cm³/mol. The molecule has 22 heavy (non-hydrogen) atoms. The van der Waals surface area contributed by atoms with Crippen molar-refractivity contribution in [3.05, 3.63) is 24.3 Å². The van der Waals surface area contributed by atoms with Crippen LogP contribution in [-0.4, -0.2) is 46.9 Å². The van der Waals surface area contributed by atoms with E-state index in [0.29, 0.717) is 22.5 Å². The maximum absolute atomic E-state index is 13.3. The highest BCUT2D eigenvalue weighted by atomic mass is 19.4. The number of hydrogen-bond acceptors (Lipinski definition) is 5. The monoisotopic (exact) mass is 312 g/mol. The lowest BCUT2D eigenvalue weighted by Gasteiger charge is -2.30. The highest BCUT2D eigenvalue weighted by molar-refractivity contribution is 5.89. The van der Waals surface area contributed by atoms with Crippen LogP contribution in [0.3, 0.4) is 0 Å². The van der Waals surface area contributed by atoms with Crippen molar-refractivity contribution in [2.75, 3.05) is 25.1 Å². The van der Waals surface area contributed by atoms with Crippen LogP contribution in [0.25, 0.3) is 10.9 Å². The summed E-state index contributed by atoms with van der Waals surface area (Å²) >= 11 is 0. The summed E-state index contributed by atoms with van der Waals surface area (Å²) in [6.07, 6.45) is -1.39. The maximum atomic E-state index is 13.3. The summed E-state index contributed by atoms with van der Waals surface area (Å²) in [4.78, 5) is 14.2. The molecule has 0 spiro atoms. The molecule has 0 N–H and O–H groups in total. The van der Waals surface area contributed by atoms with E-state index in [1.807, 2.05) is 0 Å². The Morgan fingerprint density at radius 1 is 1.32 bits per heavy atom. The molecule has 0 saturated carbocycles. The average molecular weight is 312 g/mol. The quantitative estimate of drug-likeness (QED) is 0.853. The molecule has 3 rings (SSSR count). The van der Waals surface area contributed by atoms with Gasteiger partial charge in [-0.15, -0.1) is 0 Å². The van der Waals surface area contributed by atoms with Gasteiger partial charge in [-0.05, 0) is 13.0 Å². The van der Waals surface area contributed by atoms with Crippen LogP contribution in [0.2, 0.25) is 0 Å². The van der Waals surface area contributed by atoms with Crippen LogP contribution in [0.1, 0.15) is 12.2 Å². The molecule has 118 valence electrons. The third kappa shape index (κ3) is 2.27. The first-order chi connectivity index (χ1) is 10.4. The van der Waals surface area contributed by atoms with Crippen LogP contribution >= 0.6 is 0 Å². The minimum atomic E-state index is -4.42. The number of anilines is 1. The molecule has 3 heterocycles. The van der Waals surface area contributed by atoms with Crippen LogP contribution in [0.4, 0.5) is 19.0 Å². The molecule has 1 atom stereocenters. The smallest absolute Gasteiger partial charge is 0.367 e. The molecule has 1 unspecified atom stereocenters. The van der Waals surface area contributed by atoms with E-state index in [1.165, 1.54) is 0 Å². The molecule has 1 saturated heterocycles.